The second-order valence-corrected chi connectivity index (χ2v) is 5.12. The van der Waals surface area contributed by atoms with Crippen LogP contribution in [0.25, 0.3) is 0 Å². The van der Waals surface area contributed by atoms with Crippen molar-refractivity contribution in [2.75, 3.05) is 19.7 Å². The minimum absolute atomic E-state index is 0.449. The number of para-hydroxylation sites is 1. The summed E-state index contributed by atoms with van der Waals surface area (Å²) in [5.41, 5.74) is 7.24. The first-order valence-electron chi connectivity index (χ1n) is 6.91. The molecule has 0 aliphatic carbocycles. The van der Waals surface area contributed by atoms with Crippen LogP contribution in [0.15, 0.2) is 24.3 Å². The van der Waals surface area contributed by atoms with Gasteiger partial charge in [-0.2, -0.15) is 0 Å². The lowest BCUT2D eigenvalue weighted by Gasteiger charge is -2.33. The predicted octanol–water partition coefficient (Wildman–Crippen LogP) is 2.25. The van der Waals surface area contributed by atoms with Crippen LogP contribution in [-0.2, 0) is 6.54 Å². The maximum Gasteiger partial charge on any atom is 0.123 e. The van der Waals surface area contributed by atoms with Gasteiger partial charge in [0, 0.05) is 31.2 Å². The summed E-state index contributed by atoms with van der Waals surface area (Å²) in [6.45, 7) is 7.90. The van der Waals surface area contributed by atoms with Crippen molar-refractivity contribution < 1.29 is 4.74 Å². The fraction of sp³-hybridized carbons (Fsp3) is 0.600. The molecule has 100 valence electrons. The molecule has 1 aliphatic heterocycles. The number of fused-ring (bicyclic) bond motifs is 1. The first-order valence-corrected chi connectivity index (χ1v) is 6.91. The van der Waals surface area contributed by atoms with Gasteiger partial charge in [-0.1, -0.05) is 38.5 Å². The molecule has 0 bridgehead atoms. The summed E-state index contributed by atoms with van der Waals surface area (Å²) in [6.07, 6.45) is 1.17. The molecule has 0 saturated carbocycles. The summed E-state index contributed by atoms with van der Waals surface area (Å²) in [5.74, 6) is 1.65. The van der Waals surface area contributed by atoms with Crippen molar-refractivity contribution in [3.63, 3.8) is 0 Å². The summed E-state index contributed by atoms with van der Waals surface area (Å²) >= 11 is 0. The lowest BCUT2D eigenvalue weighted by atomic mass is 9.97. The van der Waals surface area contributed by atoms with Crippen molar-refractivity contribution in [3.8, 4) is 5.75 Å². The molecule has 2 unspecified atom stereocenters. The number of hydrogen-bond acceptors (Lipinski definition) is 3. The van der Waals surface area contributed by atoms with Crippen LogP contribution in [0.5, 0.6) is 5.75 Å². The smallest absolute Gasteiger partial charge is 0.123 e. The number of nitrogens with two attached hydrogens (primary N) is 1. The van der Waals surface area contributed by atoms with E-state index in [9.17, 15) is 0 Å². The highest BCUT2D eigenvalue weighted by Crippen LogP contribution is 2.25. The Balaban J connectivity index is 2.15. The van der Waals surface area contributed by atoms with E-state index in [1.54, 1.807) is 0 Å². The molecule has 1 aliphatic rings. The molecule has 0 saturated heterocycles. The van der Waals surface area contributed by atoms with E-state index in [4.69, 9.17) is 10.5 Å². The Hall–Kier alpha value is -1.06. The standard InChI is InChI=1S/C15H24N2O/c1-3-12(2)14(10-16)17-8-9-18-15-7-5-4-6-13(15)11-17/h4-7,12,14H,3,8-11,16H2,1-2H3. The maximum absolute atomic E-state index is 5.97. The highest BCUT2D eigenvalue weighted by Gasteiger charge is 2.24. The number of benzene rings is 1. The van der Waals surface area contributed by atoms with Crippen LogP contribution in [0.1, 0.15) is 25.8 Å². The van der Waals surface area contributed by atoms with Crippen LogP contribution in [0, 0.1) is 5.92 Å². The maximum atomic E-state index is 5.97. The molecule has 18 heavy (non-hydrogen) atoms. The Morgan fingerprint density at radius 2 is 2.17 bits per heavy atom. The van der Waals surface area contributed by atoms with Gasteiger partial charge in [0.1, 0.15) is 12.4 Å². The molecule has 0 fully saturated rings. The van der Waals surface area contributed by atoms with E-state index in [1.165, 1.54) is 12.0 Å². The number of hydrogen-bond donors (Lipinski definition) is 1. The van der Waals surface area contributed by atoms with Crippen molar-refractivity contribution in [1.29, 1.82) is 0 Å². The van der Waals surface area contributed by atoms with E-state index in [2.05, 4.69) is 36.9 Å². The Labute approximate surface area is 110 Å². The molecule has 2 atom stereocenters. The van der Waals surface area contributed by atoms with E-state index in [0.29, 0.717) is 12.0 Å². The van der Waals surface area contributed by atoms with E-state index >= 15 is 0 Å². The fourth-order valence-corrected chi connectivity index (χ4v) is 2.64. The van der Waals surface area contributed by atoms with Gasteiger partial charge >= 0.3 is 0 Å². The average Bonchev–Trinajstić information content (AvgIpc) is 2.61. The van der Waals surface area contributed by atoms with Crippen LogP contribution in [0.2, 0.25) is 0 Å². The summed E-state index contributed by atoms with van der Waals surface area (Å²) in [5, 5.41) is 0. The second-order valence-electron chi connectivity index (χ2n) is 5.12. The largest absolute Gasteiger partial charge is 0.492 e. The molecule has 0 radical (unpaired) electrons. The van der Waals surface area contributed by atoms with Crippen molar-refractivity contribution in [1.82, 2.24) is 4.90 Å². The molecule has 2 N–H and O–H groups in total. The van der Waals surface area contributed by atoms with Crippen LogP contribution >= 0.6 is 0 Å². The highest BCUT2D eigenvalue weighted by molar-refractivity contribution is 5.33. The zero-order valence-electron chi connectivity index (χ0n) is 11.4. The Morgan fingerprint density at radius 1 is 1.39 bits per heavy atom. The molecular weight excluding hydrogens is 224 g/mol. The summed E-state index contributed by atoms with van der Waals surface area (Å²) in [7, 11) is 0. The van der Waals surface area contributed by atoms with Gasteiger partial charge in [0.2, 0.25) is 0 Å². The Morgan fingerprint density at radius 3 is 2.89 bits per heavy atom. The Kier molecular flexibility index (Phi) is 4.61. The van der Waals surface area contributed by atoms with Crippen molar-refractivity contribution in [2.24, 2.45) is 11.7 Å². The van der Waals surface area contributed by atoms with E-state index < -0.39 is 0 Å². The van der Waals surface area contributed by atoms with Gasteiger partial charge in [-0.15, -0.1) is 0 Å². The predicted molar refractivity (Wildman–Crippen MR) is 74.6 cm³/mol. The highest BCUT2D eigenvalue weighted by atomic mass is 16.5. The average molecular weight is 248 g/mol. The van der Waals surface area contributed by atoms with Crippen LogP contribution in [0.3, 0.4) is 0 Å². The number of nitrogens with zero attached hydrogens (tertiary/aromatic N) is 1. The summed E-state index contributed by atoms with van der Waals surface area (Å²) < 4.78 is 5.80. The third-order valence-corrected chi connectivity index (χ3v) is 3.99. The minimum Gasteiger partial charge on any atom is -0.492 e. The van der Waals surface area contributed by atoms with Crippen molar-refractivity contribution in [2.45, 2.75) is 32.9 Å². The Bertz CT molecular complexity index is 381. The summed E-state index contributed by atoms with van der Waals surface area (Å²) in [6, 6.07) is 8.76. The lowest BCUT2D eigenvalue weighted by molar-refractivity contribution is 0.131. The van der Waals surface area contributed by atoms with Crippen LogP contribution in [0.4, 0.5) is 0 Å². The molecule has 0 aromatic heterocycles. The zero-order chi connectivity index (χ0) is 13.0. The van der Waals surface area contributed by atoms with E-state index in [1.807, 2.05) is 6.07 Å². The van der Waals surface area contributed by atoms with Crippen LogP contribution < -0.4 is 10.5 Å². The topological polar surface area (TPSA) is 38.5 Å². The van der Waals surface area contributed by atoms with Crippen molar-refractivity contribution >= 4 is 0 Å². The van der Waals surface area contributed by atoms with Gasteiger partial charge in [0.15, 0.2) is 0 Å². The molecule has 1 heterocycles. The van der Waals surface area contributed by atoms with Crippen LogP contribution in [-0.4, -0.2) is 30.6 Å². The first kappa shape index (κ1) is 13.4. The molecule has 0 spiro atoms. The van der Waals surface area contributed by atoms with Crippen molar-refractivity contribution in [3.05, 3.63) is 29.8 Å². The molecular formula is C15H24N2O. The zero-order valence-corrected chi connectivity index (χ0v) is 11.4. The molecule has 1 aromatic rings. The van der Waals surface area contributed by atoms with Gasteiger partial charge in [-0.3, -0.25) is 4.90 Å². The minimum atomic E-state index is 0.449. The molecule has 3 nitrogen and oxygen atoms in total. The summed E-state index contributed by atoms with van der Waals surface area (Å²) in [4.78, 5) is 2.47. The van der Waals surface area contributed by atoms with E-state index in [-0.39, 0.29) is 0 Å². The normalized spacial score (nSPS) is 19.5. The third kappa shape index (κ3) is 2.85. The molecule has 0 amide bonds. The molecule has 3 heteroatoms. The second kappa shape index (κ2) is 6.21. The molecule has 1 aromatic carbocycles. The van der Waals surface area contributed by atoms with Gasteiger partial charge in [-0.25, -0.2) is 0 Å². The third-order valence-electron chi connectivity index (χ3n) is 3.99. The van der Waals surface area contributed by atoms with Gasteiger partial charge in [0.25, 0.3) is 0 Å². The van der Waals surface area contributed by atoms with Gasteiger partial charge in [-0.05, 0) is 12.0 Å². The van der Waals surface area contributed by atoms with Gasteiger partial charge in [0.05, 0.1) is 0 Å². The molecule has 2 rings (SSSR count). The monoisotopic (exact) mass is 248 g/mol. The number of ether oxygens (including phenoxy) is 1. The quantitative estimate of drug-likeness (QED) is 0.888. The SMILES string of the molecule is CCC(C)C(CN)N1CCOc2ccccc2C1. The lowest BCUT2D eigenvalue weighted by Crippen LogP contribution is -2.45. The van der Waals surface area contributed by atoms with E-state index in [0.717, 1.165) is 32.0 Å². The fourth-order valence-electron chi connectivity index (χ4n) is 2.64. The first-order chi connectivity index (χ1) is 8.76. The van der Waals surface area contributed by atoms with Gasteiger partial charge < -0.3 is 10.5 Å². The number of rotatable bonds is 4.